The van der Waals surface area contributed by atoms with E-state index in [2.05, 4.69) is 15.4 Å². The number of methoxy groups -OCH3 is 1. The zero-order valence-corrected chi connectivity index (χ0v) is 14.8. The van der Waals surface area contributed by atoms with Crippen molar-refractivity contribution in [2.24, 2.45) is 11.3 Å². The molecule has 1 aromatic carbocycles. The summed E-state index contributed by atoms with van der Waals surface area (Å²) in [5, 5.41) is 6.43. The molecule has 1 unspecified atom stereocenters. The highest BCUT2D eigenvalue weighted by atomic mass is 32.2. The molecule has 6 heteroatoms. The minimum absolute atomic E-state index is 0.149. The number of carbonyl (C=O) groups is 2. The summed E-state index contributed by atoms with van der Waals surface area (Å²) in [7, 11) is 1.39. The Morgan fingerprint density at radius 1 is 1.38 bits per heavy atom. The van der Waals surface area contributed by atoms with Crippen LogP contribution in [0.4, 0.5) is 5.69 Å². The van der Waals surface area contributed by atoms with E-state index in [1.165, 1.54) is 18.9 Å². The van der Waals surface area contributed by atoms with Crippen molar-refractivity contribution < 1.29 is 14.3 Å². The van der Waals surface area contributed by atoms with E-state index >= 15 is 0 Å². The fourth-order valence-electron chi connectivity index (χ4n) is 3.48. The van der Waals surface area contributed by atoms with Crippen molar-refractivity contribution in [2.45, 2.75) is 25.0 Å². The van der Waals surface area contributed by atoms with Gasteiger partial charge in [-0.2, -0.15) is 0 Å². The quantitative estimate of drug-likeness (QED) is 0.773. The second-order valence-electron chi connectivity index (χ2n) is 6.63. The van der Waals surface area contributed by atoms with Gasteiger partial charge in [0.15, 0.2) is 0 Å². The number of hydrogen-bond acceptors (Lipinski definition) is 5. The van der Waals surface area contributed by atoms with Crippen molar-refractivity contribution in [1.82, 2.24) is 5.32 Å². The summed E-state index contributed by atoms with van der Waals surface area (Å²) >= 11 is 1.51. The summed E-state index contributed by atoms with van der Waals surface area (Å²) in [5.74, 6) is 1.16. The van der Waals surface area contributed by atoms with Gasteiger partial charge in [-0.3, -0.25) is 9.59 Å². The maximum Gasteiger partial charge on any atom is 0.315 e. The minimum atomic E-state index is -0.217. The number of anilines is 1. The topological polar surface area (TPSA) is 67.4 Å². The summed E-state index contributed by atoms with van der Waals surface area (Å²) in [6.07, 6.45) is 3.24. The Labute approximate surface area is 146 Å². The lowest BCUT2D eigenvalue weighted by atomic mass is 9.92. The van der Waals surface area contributed by atoms with Crippen LogP contribution in [0.3, 0.4) is 0 Å². The molecule has 130 valence electrons. The molecule has 1 aliphatic carbocycles. The Kier molecular flexibility index (Phi) is 5.46. The fourth-order valence-corrected chi connectivity index (χ4v) is 4.28. The number of nitrogens with one attached hydrogen (secondary N) is 2. The van der Waals surface area contributed by atoms with Crippen molar-refractivity contribution in [3.05, 3.63) is 29.8 Å². The van der Waals surface area contributed by atoms with Crippen molar-refractivity contribution in [2.75, 3.05) is 31.3 Å². The van der Waals surface area contributed by atoms with E-state index in [1.54, 1.807) is 0 Å². The molecule has 1 aromatic rings. The van der Waals surface area contributed by atoms with E-state index in [-0.39, 0.29) is 23.2 Å². The Morgan fingerprint density at radius 2 is 2.17 bits per heavy atom. The highest BCUT2D eigenvalue weighted by molar-refractivity contribution is 7.99. The number of benzene rings is 1. The standard InChI is InChI=1S/C18H24N2O3S/c1-23-16(21)12-24-11-13-3-2-4-14(9-13)20-17(22)15-10-18(15)5-7-19-8-6-18/h2-4,9,15,19H,5-8,10-12H2,1H3,(H,20,22). The lowest BCUT2D eigenvalue weighted by Crippen LogP contribution is -2.31. The Bertz CT molecular complexity index is 614. The summed E-state index contributed by atoms with van der Waals surface area (Å²) < 4.78 is 4.63. The van der Waals surface area contributed by atoms with Crippen molar-refractivity contribution in [3.8, 4) is 0 Å². The Hall–Kier alpha value is -1.53. The molecule has 24 heavy (non-hydrogen) atoms. The van der Waals surface area contributed by atoms with Crippen LogP contribution in [0.2, 0.25) is 0 Å². The second-order valence-corrected chi connectivity index (χ2v) is 7.61. The third-order valence-corrected chi connectivity index (χ3v) is 5.99. The smallest absolute Gasteiger partial charge is 0.315 e. The number of amides is 1. The van der Waals surface area contributed by atoms with Crippen LogP contribution in [-0.2, 0) is 20.1 Å². The van der Waals surface area contributed by atoms with Crippen LogP contribution in [0.15, 0.2) is 24.3 Å². The number of thioether (sulfide) groups is 1. The summed E-state index contributed by atoms with van der Waals surface area (Å²) in [4.78, 5) is 23.6. The molecule has 5 nitrogen and oxygen atoms in total. The number of piperidine rings is 1. The van der Waals surface area contributed by atoms with Crippen LogP contribution in [0, 0.1) is 11.3 Å². The molecule has 2 aliphatic rings. The number of rotatable bonds is 6. The van der Waals surface area contributed by atoms with Crippen molar-refractivity contribution in [3.63, 3.8) is 0 Å². The molecular weight excluding hydrogens is 324 g/mol. The Balaban J connectivity index is 1.51. The molecule has 0 bridgehead atoms. The molecule has 1 atom stereocenters. The molecule has 1 heterocycles. The maximum absolute atomic E-state index is 12.5. The van der Waals surface area contributed by atoms with E-state index < -0.39 is 0 Å². The number of carbonyl (C=O) groups excluding carboxylic acids is 2. The third-order valence-electron chi connectivity index (χ3n) is 5.02. The average molecular weight is 348 g/mol. The van der Waals surface area contributed by atoms with Gasteiger partial charge in [0.1, 0.15) is 0 Å². The molecule has 1 amide bonds. The van der Waals surface area contributed by atoms with Gasteiger partial charge in [0, 0.05) is 17.4 Å². The molecule has 1 saturated heterocycles. The number of esters is 1. The van der Waals surface area contributed by atoms with Gasteiger partial charge in [0.25, 0.3) is 0 Å². The first-order valence-corrected chi connectivity index (χ1v) is 9.53. The normalized spacial score (nSPS) is 21.3. The van der Waals surface area contributed by atoms with Gasteiger partial charge in [-0.15, -0.1) is 11.8 Å². The first kappa shape index (κ1) is 17.3. The first-order chi connectivity index (χ1) is 11.6. The van der Waals surface area contributed by atoms with E-state index in [0.717, 1.165) is 49.4 Å². The molecule has 2 fully saturated rings. The molecule has 3 rings (SSSR count). The van der Waals surface area contributed by atoms with Gasteiger partial charge < -0.3 is 15.4 Å². The predicted octanol–water partition coefficient (Wildman–Crippen LogP) is 2.42. The van der Waals surface area contributed by atoms with Crippen molar-refractivity contribution >= 4 is 29.3 Å². The highest BCUT2D eigenvalue weighted by Gasteiger charge is 2.57. The minimum Gasteiger partial charge on any atom is -0.468 e. The Morgan fingerprint density at radius 3 is 2.92 bits per heavy atom. The van der Waals surface area contributed by atoms with Crippen LogP contribution >= 0.6 is 11.8 Å². The van der Waals surface area contributed by atoms with E-state index in [4.69, 9.17) is 0 Å². The van der Waals surface area contributed by atoms with Crippen LogP contribution in [0.25, 0.3) is 0 Å². The molecule has 2 N–H and O–H groups in total. The van der Waals surface area contributed by atoms with Crippen LogP contribution in [0.1, 0.15) is 24.8 Å². The number of ether oxygens (including phenoxy) is 1. The summed E-state index contributed by atoms with van der Waals surface area (Å²) in [5.41, 5.74) is 2.18. The molecule has 0 aromatic heterocycles. The average Bonchev–Trinajstić information content (AvgIpc) is 3.29. The summed E-state index contributed by atoms with van der Waals surface area (Å²) in [6, 6.07) is 7.85. The first-order valence-electron chi connectivity index (χ1n) is 8.38. The molecule has 1 spiro atoms. The fraction of sp³-hybridized carbons (Fsp3) is 0.556. The van der Waals surface area contributed by atoms with Gasteiger partial charge in [-0.1, -0.05) is 12.1 Å². The van der Waals surface area contributed by atoms with Gasteiger partial charge in [0.2, 0.25) is 5.91 Å². The lowest BCUT2D eigenvalue weighted by molar-refractivity contribution is -0.137. The molecule has 1 aliphatic heterocycles. The maximum atomic E-state index is 12.5. The van der Waals surface area contributed by atoms with E-state index in [1.807, 2.05) is 24.3 Å². The van der Waals surface area contributed by atoms with Crippen LogP contribution in [0.5, 0.6) is 0 Å². The lowest BCUT2D eigenvalue weighted by Gasteiger charge is -2.23. The van der Waals surface area contributed by atoms with E-state index in [0.29, 0.717) is 5.75 Å². The largest absolute Gasteiger partial charge is 0.468 e. The van der Waals surface area contributed by atoms with Gasteiger partial charge in [0.05, 0.1) is 12.9 Å². The van der Waals surface area contributed by atoms with Gasteiger partial charge in [-0.25, -0.2) is 0 Å². The number of hydrogen-bond donors (Lipinski definition) is 2. The zero-order chi connectivity index (χ0) is 17.0. The van der Waals surface area contributed by atoms with Gasteiger partial charge in [-0.05, 0) is 55.5 Å². The zero-order valence-electron chi connectivity index (χ0n) is 14.0. The van der Waals surface area contributed by atoms with Gasteiger partial charge >= 0.3 is 5.97 Å². The summed E-state index contributed by atoms with van der Waals surface area (Å²) in [6.45, 7) is 2.05. The predicted molar refractivity (Wildman–Crippen MR) is 95.9 cm³/mol. The SMILES string of the molecule is COC(=O)CSCc1cccc(NC(=O)C2CC23CCNCC3)c1. The monoisotopic (exact) mass is 348 g/mol. The molecule has 0 radical (unpaired) electrons. The third kappa shape index (κ3) is 4.11. The van der Waals surface area contributed by atoms with Crippen LogP contribution in [-0.4, -0.2) is 37.8 Å². The van der Waals surface area contributed by atoms with Crippen molar-refractivity contribution in [1.29, 1.82) is 0 Å². The highest BCUT2D eigenvalue weighted by Crippen LogP contribution is 2.58. The molecular formula is C18H24N2O3S. The van der Waals surface area contributed by atoms with E-state index in [9.17, 15) is 9.59 Å². The molecule has 1 saturated carbocycles. The van der Waals surface area contributed by atoms with Crippen LogP contribution < -0.4 is 10.6 Å². The second kappa shape index (κ2) is 7.57.